The van der Waals surface area contributed by atoms with E-state index >= 15 is 0 Å². The zero-order valence-electron chi connectivity index (χ0n) is 29.5. The van der Waals surface area contributed by atoms with Crippen LogP contribution in [0.15, 0.2) is 176 Å². The predicted molar refractivity (Wildman–Crippen MR) is 224 cm³/mol. The van der Waals surface area contributed by atoms with Gasteiger partial charge in [0.05, 0.1) is 23.2 Å². The van der Waals surface area contributed by atoms with E-state index in [4.69, 9.17) is 6.57 Å². The largest absolute Gasteiger partial charge is 0.309 e. The first-order valence-corrected chi connectivity index (χ1v) is 18.0. The third-order valence-corrected chi connectivity index (χ3v) is 10.6. The predicted octanol–water partition coefficient (Wildman–Crippen LogP) is 13.0. The summed E-state index contributed by atoms with van der Waals surface area (Å²) in [5.41, 5.74) is 12.8. The second-order valence-corrected chi connectivity index (χ2v) is 13.7. The van der Waals surface area contributed by atoms with E-state index in [-0.39, 0.29) is 0 Å². The molecule has 0 fully saturated rings. The van der Waals surface area contributed by atoms with Gasteiger partial charge in [-0.3, -0.25) is 9.97 Å². The maximum Gasteiger partial charge on any atom is 0.205 e. The van der Waals surface area contributed by atoms with Gasteiger partial charge in [-0.1, -0.05) is 115 Å². The molecule has 5 heteroatoms. The average Bonchev–Trinajstić information content (AvgIpc) is 3.61. The van der Waals surface area contributed by atoms with Crippen LogP contribution in [0.5, 0.6) is 0 Å². The van der Waals surface area contributed by atoms with Crippen molar-refractivity contribution in [2.75, 3.05) is 0 Å². The van der Waals surface area contributed by atoms with Gasteiger partial charge >= 0.3 is 0 Å². The summed E-state index contributed by atoms with van der Waals surface area (Å²) in [5.74, 6) is 0. The van der Waals surface area contributed by atoms with Crippen molar-refractivity contribution in [2.24, 2.45) is 0 Å². The van der Waals surface area contributed by atoms with Gasteiger partial charge in [0.2, 0.25) is 5.69 Å². The van der Waals surface area contributed by atoms with E-state index in [1.807, 2.05) is 18.3 Å². The molecule has 0 N–H and O–H groups in total. The van der Waals surface area contributed by atoms with Crippen molar-refractivity contribution in [2.45, 2.75) is 0 Å². The van der Waals surface area contributed by atoms with Crippen molar-refractivity contribution in [3.8, 4) is 56.3 Å². The number of benzene rings is 7. The summed E-state index contributed by atoms with van der Waals surface area (Å²) in [6.07, 6.45) is 6.79. The van der Waals surface area contributed by atoms with Crippen molar-refractivity contribution in [1.29, 1.82) is 5.26 Å². The van der Waals surface area contributed by atoms with Gasteiger partial charge in [-0.25, -0.2) is 4.85 Å². The standard InChI is InChI=1S/C50H29N5/c1-52-39-24-38(30-54-31-39)34-17-21-36(22-18-34)46-26-48-50(44-14-8-6-12-42(44)46)49-43-13-7-5-11-41(43)45(25-47(49)55(48)40-9-3-2-4-10-40)35-19-15-33(16-20-35)37-23-32(27-51)28-53-29-37/h2-26,28-31H. The Kier molecular flexibility index (Phi) is 7.51. The van der Waals surface area contributed by atoms with Gasteiger partial charge in [0.15, 0.2) is 0 Å². The molecule has 10 aromatic rings. The zero-order valence-corrected chi connectivity index (χ0v) is 29.5. The number of hydrogen-bond acceptors (Lipinski definition) is 3. The molecular formula is C50H29N5. The molecule has 0 amide bonds. The Balaban J connectivity index is 1.23. The Morgan fingerprint density at radius 3 is 1.47 bits per heavy atom. The number of para-hydroxylation sites is 1. The van der Waals surface area contributed by atoms with Gasteiger partial charge in [-0.05, 0) is 96.9 Å². The van der Waals surface area contributed by atoms with Crippen molar-refractivity contribution < 1.29 is 0 Å². The summed E-state index contributed by atoms with van der Waals surface area (Å²) in [7, 11) is 0. The van der Waals surface area contributed by atoms with Crippen LogP contribution in [0.2, 0.25) is 0 Å². The fourth-order valence-corrected chi connectivity index (χ4v) is 8.05. The van der Waals surface area contributed by atoms with E-state index in [2.05, 4.69) is 165 Å². The molecule has 0 unspecified atom stereocenters. The molecule has 0 spiro atoms. The van der Waals surface area contributed by atoms with Gasteiger partial charge in [-0.2, -0.15) is 5.26 Å². The number of pyridine rings is 2. The van der Waals surface area contributed by atoms with Crippen LogP contribution in [0.3, 0.4) is 0 Å². The first-order chi connectivity index (χ1) is 27.2. The number of nitriles is 1. The molecule has 5 nitrogen and oxygen atoms in total. The molecule has 0 radical (unpaired) electrons. The van der Waals surface area contributed by atoms with Crippen LogP contribution in [0.4, 0.5) is 5.69 Å². The summed E-state index contributed by atoms with van der Waals surface area (Å²) in [5, 5.41) is 16.6. The van der Waals surface area contributed by atoms with Gasteiger partial charge in [0.25, 0.3) is 0 Å². The van der Waals surface area contributed by atoms with Crippen LogP contribution < -0.4 is 0 Å². The number of aromatic nitrogens is 3. The second kappa shape index (κ2) is 13.0. The molecule has 10 rings (SSSR count). The minimum Gasteiger partial charge on any atom is -0.309 e. The summed E-state index contributed by atoms with van der Waals surface area (Å²) < 4.78 is 2.42. The van der Waals surface area contributed by atoms with Gasteiger partial charge in [0, 0.05) is 46.8 Å². The fourth-order valence-electron chi connectivity index (χ4n) is 8.05. The van der Waals surface area contributed by atoms with E-state index in [0.29, 0.717) is 11.3 Å². The highest BCUT2D eigenvalue weighted by Gasteiger charge is 2.21. The number of rotatable bonds is 5. The molecule has 0 saturated heterocycles. The van der Waals surface area contributed by atoms with E-state index in [9.17, 15) is 5.26 Å². The molecule has 55 heavy (non-hydrogen) atoms. The third-order valence-electron chi connectivity index (χ3n) is 10.6. The van der Waals surface area contributed by atoms with Gasteiger partial charge in [0.1, 0.15) is 6.07 Å². The van der Waals surface area contributed by atoms with E-state index in [1.54, 1.807) is 18.6 Å². The molecule has 0 aliphatic rings. The molecule has 7 aromatic carbocycles. The van der Waals surface area contributed by atoms with E-state index in [1.165, 1.54) is 32.3 Å². The smallest absolute Gasteiger partial charge is 0.205 e. The summed E-state index contributed by atoms with van der Waals surface area (Å²) >= 11 is 0. The second-order valence-electron chi connectivity index (χ2n) is 13.7. The summed E-state index contributed by atoms with van der Waals surface area (Å²) in [6, 6.07) is 55.9. The lowest BCUT2D eigenvalue weighted by molar-refractivity contribution is 1.18. The van der Waals surface area contributed by atoms with Crippen LogP contribution in [0, 0.1) is 17.9 Å². The molecule has 0 bridgehead atoms. The van der Waals surface area contributed by atoms with Crippen molar-refractivity contribution in [1.82, 2.24) is 14.5 Å². The summed E-state index contributed by atoms with van der Waals surface area (Å²) in [4.78, 5) is 12.1. The monoisotopic (exact) mass is 699 g/mol. The Morgan fingerprint density at radius 1 is 0.473 bits per heavy atom. The molecule has 254 valence electrons. The number of nitrogens with zero attached hydrogens (tertiary/aromatic N) is 5. The van der Waals surface area contributed by atoms with Crippen molar-refractivity contribution in [3.05, 3.63) is 193 Å². The molecule has 3 aromatic heterocycles. The van der Waals surface area contributed by atoms with Crippen LogP contribution in [-0.2, 0) is 0 Å². The first-order valence-electron chi connectivity index (χ1n) is 18.0. The lowest BCUT2D eigenvalue weighted by atomic mass is 9.91. The number of hydrogen-bond donors (Lipinski definition) is 0. The molecule has 0 aliphatic carbocycles. The van der Waals surface area contributed by atoms with Crippen LogP contribution >= 0.6 is 0 Å². The van der Waals surface area contributed by atoms with Crippen LogP contribution in [-0.4, -0.2) is 14.5 Å². The van der Waals surface area contributed by atoms with Crippen LogP contribution in [0.1, 0.15) is 5.56 Å². The first kappa shape index (κ1) is 31.8. The molecular weight excluding hydrogens is 671 g/mol. The topological polar surface area (TPSA) is 58.9 Å². The van der Waals surface area contributed by atoms with Crippen molar-refractivity contribution in [3.63, 3.8) is 0 Å². The third kappa shape index (κ3) is 5.31. The zero-order chi connectivity index (χ0) is 36.9. The van der Waals surface area contributed by atoms with Gasteiger partial charge < -0.3 is 4.57 Å². The van der Waals surface area contributed by atoms with E-state index in [0.717, 1.165) is 61.2 Å². The highest BCUT2D eigenvalue weighted by Crippen LogP contribution is 2.46. The maximum atomic E-state index is 9.44. The van der Waals surface area contributed by atoms with Crippen molar-refractivity contribution >= 4 is 49.0 Å². The Morgan fingerprint density at radius 2 is 0.945 bits per heavy atom. The Labute approximate surface area is 317 Å². The Hall–Kier alpha value is -7.86. The SMILES string of the molecule is [C-]#[N+]c1cncc(-c2ccc(-c3cc4c(c5ccccc35)c3c5ccccc5c(-c5ccc(-c6cncc(C#N)c6)cc5)cc3n4-c3ccccc3)cc2)c1. The normalized spacial score (nSPS) is 11.2. The highest BCUT2D eigenvalue weighted by atomic mass is 15.0. The lowest BCUT2D eigenvalue weighted by Gasteiger charge is -2.13. The number of fused-ring (bicyclic) bond motifs is 7. The molecule has 0 atom stereocenters. The maximum absolute atomic E-state index is 9.44. The lowest BCUT2D eigenvalue weighted by Crippen LogP contribution is -1.95. The van der Waals surface area contributed by atoms with Crippen LogP contribution in [0.25, 0.3) is 98.4 Å². The molecule has 3 heterocycles. The molecule has 0 aliphatic heterocycles. The molecule has 0 saturated carbocycles. The average molecular weight is 700 g/mol. The van der Waals surface area contributed by atoms with E-state index < -0.39 is 0 Å². The highest BCUT2D eigenvalue weighted by molar-refractivity contribution is 6.31. The van der Waals surface area contributed by atoms with Gasteiger partial charge in [-0.15, -0.1) is 0 Å². The quantitative estimate of drug-likeness (QED) is 0.168. The Bertz CT molecular complexity index is 3000. The minimum atomic E-state index is 0.527. The minimum absolute atomic E-state index is 0.527. The summed E-state index contributed by atoms with van der Waals surface area (Å²) in [6.45, 7) is 7.43. The fraction of sp³-hybridized carbons (Fsp3) is 0.